The molecule has 1 aliphatic rings. The lowest BCUT2D eigenvalue weighted by atomic mass is 10.1. The van der Waals surface area contributed by atoms with Crippen molar-refractivity contribution in [3.8, 4) is 11.5 Å². The third kappa shape index (κ3) is 4.92. The highest BCUT2D eigenvalue weighted by Crippen LogP contribution is 2.36. The zero-order chi connectivity index (χ0) is 23.6. The average molecular weight is 457 g/mol. The van der Waals surface area contributed by atoms with Crippen molar-refractivity contribution in [2.24, 2.45) is 0 Å². The molecule has 1 aliphatic heterocycles. The lowest BCUT2D eigenvalue weighted by Crippen LogP contribution is -2.23. The number of fused-ring (bicyclic) bond motifs is 1. The lowest BCUT2D eigenvalue weighted by Gasteiger charge is -2.17. The van der Waals surface area contributed by atoms with E-state index in [1.807, 2.05) is 0 Å². The minimum atomic E-state index is -4.45. The average Bonchev–Trinajstić information content (AvgIpc) is 3.13. The summed E-state index contributed by atoms with van der Waals surface area (Å²) in [6, 6.07) is 16.3. The first kappa shape index (κ1) is 22.2. The van der Waals surface area contributed by atoms with Crippen molar-refractivity contribution in [2.45, 2.75) is 19.3 Å². The zero-order valence-electron chi connectivity index (χ0n) is 17.1. The number of carbonyl (C=O) groups is 2. The Morgan fingerprint density at radius 3 is 2.30 bits per heavy atom. The fourth-order valence-corrected chi connectivity index (χ4v) is 3.47. The SMILES string of the molecule is O=C(O)COc1ccc(COc2cccc3c2CN(c2ccc(C(F)(F)F)cc2)C3=O)cc1. The van der Waals surface area contributed by atoms with Crippen LogP contribution in [0.5, 0.6) is 11.5 Å². The number of anilines is 1. The summed E-state index contributed by atoms with van der Waals surface area (Å²) < 4.78 is 49.5. The van der Waals surface area contributed by atoms with Crippen LogP contribution in [0.2, 0.25) is 0 Å². The quantitative estimate of drug-likeness (QED) is 0.546. The van der Waals surface area contributed by atoms with Crippen molar-refractivity contribution in [1.29, 1.82) is 0 Å². The largest absolute Gasteiger partial charge is 0.489 e. The lowest BCUT2D eigenvalue weighted by molar-refractivity contribution is -0.139. The van der Waals surface area contributed by atoms with Crippen LogP contribution < -0.4 is 14.4 Å². The molecular weight excluding hydrogens is 439 g/mol. The van der Waals surface area contributed by atoms with Crippen molar-refractivity contribution >= 4 is 17.6 Å². The van der Waals surface area contributed by atoms with Gasteiger partial charge in [-0.2, -0.15) is 13.2 Å². The highest BCUT2D eigenvalue weighted by Gasteiger charge is 2.33. The number of carbonyl (C=O) groups excluding carboxylic acids is 1. The van der Waals surface area contributed by atoms with Crippen LogP contribution in [0.3, 0.4) is 0 Å². The first-order chi connectivity index (χ1) is 15.7. The van der Waals surface area contributed by atoms with Gasteiger partial charge in [0.05, 0.1) is 12.1 Å². The van der Waals surface area contributed by atoms with Gasteiger partial charge >= 0.3 is 12.1 Å². The zero-order valence-corrected chi connectivity index (χ0v) is 17.1. The third-order valence-corrected chi connectivity index (χ3v) is 5.11. The standard InChI is InChI=1S/C24H18F3NO5/c25-24(26,27)16-6-8-17(9-7-16)28-12-20-19(23(28)31)2-1-3-21(20)33-13-15-4-10-18(11-5-15)32-14-22(29)30/h1-11H,12-14H2,(H,29,30). The highest BCUT2D eigenvalue weighted by molar-refractivity contribution is 6.10. The molecule has 1 N–H and O–H groups in total. The molecule has 0 fully saturated rings. The monoisotopic (exact) mass is 457 g/mol. The molecule has 1 amide bonds. The molecule has 3 aromatic carbocycles. The van der Waals surface area contributed by atoms with Gasteiger partial charge in [0.25, 0.3) is 5.91 Å². The van der Waals surface area contributed by atoms with Gasteiger partial charge < -0.3 is 19.5 Å². The van der Waals surface area contributed by atoms with Crippen LogP contribution in [-0.2, 0) is 24.1 Å². The van der Waals surface area contributed by atoms with Crippen LogP contribution in [0.25, 0.3) is 0 Å². The number of carboxylic acid groups (broad SMARTS) is 1. The van der Waals surface area contributed by atoms with Crippen molar-refractivity contribution in [2.75, 3.05) is 11.5 Å². The number of ether oxygens (including phenoxy) is 2. The maximum Gasteiger partial charge on any atom is 0.416 e. The van der Waals surface area contributed by atoms with Crippen LogP contribution in [0.15, 0.2) is 66.7 Å². The molecule has 0 aliphatic carbocycles. The van der Waals surface area contributed by atoms with Gasteiger partial charge in [-0.05, 0) is 54.1 Å². The maximum absolute atomic E-state index is 12.8. The van der Waals surface area contributed by atoms with Crippen molar-refractivity contribution in [3.63, 3.8) is 0 Å². The molecule has 33 heavy (non-hydrogen) atoms. The third-order valence-electron chi connectivity index (χ3n) is 5.11. The van der Waals surface area contributed by atoms with Crippen LogP contribution in [0, 0.1) is 0 Å². The summed E-state index contributed by atoms with van der Waals surface area (Å²) in [6.45, 7) is -0.0583. The minimum absolute atomic E-state index is 0.178. The van der Waals surface area contributed by atoms with E-state index in [2.05, 4.69) is 0 Å². The minimum Gasteiger partial charge on any atom is -0.489 e. The second kappa shape index (κ2) is 8.85. The molecule has 0 spiro atoms. The Bertz CT molecular complexity index is 1170. The van der Waals surface area contributed by atoms with Gasteiger partial charge in [0.2, 0.25) is 0 Å². The van der Waals surface area contributed by atoms with Gasteiger partial charge in [-0.25, -0.2) is 4.79 Å². The molecule has 0 radical (unpaired) electrons. The van der Waals surface area contributed by atoms with Gasteiger partial charge in [0, 0.05) is 16.8 Å². The number of hydrogen-bond donors (Lipinski definition) is 1. The number of aliphatic carboxylic acids is 1. The summed E-state index contributed by atoms with van der Waals surface area (Å²) in [6.07, 6.45) is -4.45. The summed E-state index contributed by atoms with van der Waals surface area (Å²) in [5, 5.41) is 8.65. The highest BCUT2D eigenvalue weighted by atomic mass is 19.4. The molecule has 3 aromatic rings. The second-order valence-electron chi connectivity index (χ2n) is 7.33. The number of nitrogens with zero attached hydrogens (tertiary/aromatic N) is 1. The normalized spacial score (nSPS) is 13.1. The molecule has 0 aromatic heterocycles. The summed E-state index contributed by atoms with van der Waals surface area (Å²) >= 11 is 0. The predicted octanol–water partition coefficient (Wildman–Crippen LogP) is 4.91. The van der Waals surface area contributed by atoms with Gasteiger partial charge in [0.1, 0.15) is 18.1 Å². The van der Waals surface area contributed by atoms with Gasteiger partial charge in [-0.15, -0.1) is 0 Å². The number of benzene rings is 3. The number of hydrogen-bond acceptors (Lipinski definition) is 4. The summed E-state index contributed by atoms with van der Waals surface area (Å²) in [7, 11) is 0. The summed E-state index contributed by atoms with van der Waals surface area (Å²) in [5.74, 6) is -0.462. The van der Waals surface area contributed by atoms with Crippen LogP contribution >= 0.6 is 0 Å². The fourth-order valence-electron chi connectivity index (χ4n) is 3.47. The Balaban J connectivity index is 1.46. The number of rotatable bonds is 7. The van der Waals surface area contributed by atoms with E-state index in [1.165, 1.54) is 17.0 Å². The second-order valence-corrected chi connectivity index (χ2v) is 7.33. The van der Waals surface area contributed by atoms with E-state index < -0.39 is 24.3 Å². The molecule has 170 valence electrons. The number of amides is 1. The van der Waals surface area contributed by atoms with Crippen LogP contribution in [-0.4, -0.2) is 23.6 Å². The van der Waals surface area contributed by atoms with E-state index in [9.17, 15) is 22.8 Å². The van der Waals surface area contributed by atoms with Gasteiger partial charge in [0.15, 0.2) is 6.61 Å². The summed E-state index contributed by atoms with van der Waals surface area (Å²) in [5.41, 5.74) is 1.48. The van der Waals surface area contributed by atoms with Crippen molar-refractivity contribution in [3.05, 3.63) is 89.0 Å². The topological polar surface area (TPSA) is 76.1 Å². The first-order valence-corrected chi connectivity index (χ1v) is 9.90. The van der Waals surface area contributed by atoms with Gasteiger partial charge in [-0.1, -0.05) is 18.2 Å². The Morgan fingerprint density at radius 1 is 0.970 bits per heavy atom. The number of halogens is 3. The smallest absolute Gasteiger partial charge is 0.416 e. The summed E-state index contributed by atoms with van der Waals surface area (Å²) in [4.78, 5) is 24.8. The van der Waals surface area contributed by atoms with Crippen LogP contribution in [0.4, 0.5) is 18.9 Å². The molecule has 0 atom stereocenters. The molecule has 1 heterocycles. The van der Waals surface area contributed by atoms with E-state index in [-0.39, 0.29) is 19.1 Å². The molecule has 4 rings (SSSR count). The fraction of sp³-hybridized carbons (Fsp3) is 0.167. The molecule has 9 heteroatoms. The number of alkyl halides is 3. The molecule has 0 saturated carbocycles. The molecular formula is C24H18F3NO5. The van der Waals surface area contributed by atoms with Crippen molar-refractivity contribution in [1.82, 2.24) is 0 Å². The van der Waals surface area contributed by atoms with Gasteiger partial charge in [-0.3, -0.25) is 4.79 Å². The predicted molar refractivity (Wildman–Crippen MR) is 112 cm³/mol. The van der Waals surface area contributed by atoms with E-state index in [0.717, 1.165) is 17.7 Å². The molecule has 0 bridgehead atoms. The molecule has 6 nitrogen and oxygen atoms in total. The maximum atomic E-state index is 12.8. The van der Waals surface area contributed by atoms with Crippen LogP contribution in [0.1, 0.15) is 27.0 Å². The first-order valence-electron chi connectivity index (χ1n) is 9.90. The number of carboxylic acids is 1. The van der Waals surface area contributed by atoms with Crippen molar-refractivity contribution < 1.29 is 37.3 Å². The Morgan fingerprint density at radius 2 is 1.67 bits per heavy atom. The Kier molecular flexibility index (Phi) is 5.95. The van der Waals surface area contributed by atoms with E-state index in [4.69, 9.17) is 14.6 Å². The molecule has 0 saturated heterocycles. The Labute approximate surface area is 186 Å². The molecule has 0 unspecified atom stereocenters. The Hall–Kier alpha value is -4.01. The van der Waals surface area contributed by atoms with E-state index in [0.29, 0.717) is 28.3 Å². The van der Waals surface area contributed by atoms with E-state index >= 15 is 0 Å². The van der Waals surface area contributed by atoms with E-state index in [1.54, 1.807) is 42.5 Å².